The molecule has 0 aliphatic carbocycles. The van der Waals surface area contributed by atoms with Crippen molar-refractivity contribution < 1.29 is 9.84 Å². The molecule has 4 nitrogen and oxygen atoms in total. The highest BCUT2D eigenvalue weighted by molar-refractivity contribution is 5.39. The average molecular weight is 266 g/mol. The average Bonchev–Trinajstić information content (AvgIpc) is 2.90. The number of phenols is 1. The van der Waals surface area contributed by atoms with Gasteiger partial charge in [-0.15, -0.1) is 0 Å². The first-order valence-corrected chi connectivity index (χ1v) is 6.29. The summed E-state index contributed by atoms with van der Waals surface area (Å²) in [7, 11) is 0. The van der Waals surface area contributed by atoms with Gasteiger partial charge in [-0.2, -0.15) is 5.10 Å². The van der Waals surface area contributed by atoms with Crippen molar-refractivity contribution in [1.29, 1.82) is 0 Å². The molecule has 0 radical (unpaired) electrons. The van der Waals surface area contributed by atoms with Crippen molar-refractivity contribution in [3.8, 4) is 22.9 Å². The maximum Gasteiger partial charge on any atom is 0.165 e. The normalized spacial score (nSPS) is 10.4. The van der Waals surface area contributed by atoms with Gasteiger partial charge in [0.25, 0.3) is 0 Å². The molecule has 20 heavy (non-hydrogen) atoms. The van der Waals surface area contributed by atoms with Crippen molar-refractivity contribution in [2.45, 2.75) is 6.92 Å². The fraction of sp³-hybridized carbons (Fsp3) is 0.0625. The second-order valence-corrected chi connectivity index (χ2v) is 4.56. The van der Waals surface area contributed by atoms with Gasteiger partial charge in [0.05, 0.1) is 18.1 Å². The number of aryl methyl sites for hydroxylation is 1. The Bertz CT molecular complexity index is 717. The predicted molar refractivity (Wildman–Crippen MR) is 76.5 cm³/mol. The molecule has 1 aromatic heterocycles. The van der Waals surface area contributed by atoms with Crippen LogP contribution in [0.3, 0.4) is 0 Å². The first-order chi connectivity index (χ1) is 9.70. The number of hydrogen-bond acceptors (Lipinski definition) is 3. The van der Waals surface area contributed by atoms with Crippen LogP contribution in [-0.4, -0.2) is 14.9 Å². The summed E-state index contributed by atoms with van der Waals surface area (Å²) in [5, 5.41) is 13.7. The van der Waals surface area contributed by atoms with Crippen molar-refractivity contribution >= 4 is 0 Å². The highest BCUT2D eigenvalue weighted by atomic mass is 16.5. The zero-order chi connectivity index (χ0) is 13.9. The quantitative estimate of drug-likeness (QED) is 0.786. The van der Waals surface area contributed by atoms with Gasteiger partial charge < -0.3 is 9.84 Å². The van der Waals surface area contributed by atoms with E-state index in [-0.39, 0.29) is 5.75 Å². The molecule has 0 fully saturated rings. The van der Waals surface area contributed by atoms with Crippen LogP contribution >= 0.6 is 0 Å². The van der Waals surface area contributed by atoms with Gasteiger partial charge in [0, 0.05) is 6.07 Å². The molecular weight excluding hydrogens is 252 g/mol. The molecule has 0 saturated heterocycles. The first-order valence-electron chi connectivity index (χ1n) is 6.29. The van der Waals surface area contributed by atoms with E-state index in [4.69, 9.17) is 4.74 Å². The highest BCUT2D eigenvalue weighted by Crippen LogP contribution is 2.23. The summed E-state index contributed by atoms with van der Waals surface area (Å²) in [6.45, 7) is 2.03. The molecule has 0 aliphatic heterocycles. The van der Waals surface area contributed by atoms with Crippen LogP contribution in [0.1, 0.15) is 5.56 Å². The molecule has 1 heterocycles. The molecule has 0 atom stereocenters. The number of hydrogen-bond donors (Lipinski definition) is 1. The maximum atomic E-state index is 9.47. The zero-order valence-corrected chi connectivity index (χ0v) is 11.0. The Kier molecular flexibility index (Phi) is 3.13. The Labute approximate surface area is 116 Å². The molecule has 3 rings (SSSR count). The van der Waals surface area contributed by atoms with E-state index in [1.165, 1.54) is 5.56 Å². The summed E-state index contributed by atoms with van der Waals surface area (Å²) in [4.78, 5) is 0. The summed E-state index contributed by atoms with van der Waals surface area (Å²) >= 11 is 0. The minimum absolute atomic E-state index is 0.207. The lowest BCUT2D eigenvalue weighted by Gasteiger charge is -2.03. The smallest absolute Gasteiger partial charge is 0.165 e. The third-order valence-electron chi connectivity index (χ3n) is 2.91. The molecule has 4 heteroatoms. The molecule has 2 aromatic carbocycles. The van der Waals surface area contributed by atoms with Crippen molar-refractivity contribution in [2.24, 2.45) is 0 Å². The van der Waals surface area contributed by atoms with Crippen LogP contribution in [0.25, 0.3) is 5.69 Å². The Morgan fingerprint density at radius 2 is 1.85 bits per heavy atom. The van der Waals surface area contributed by atoms with Gasteiger partial charge in [-0.25, -0.2) is 4.68 Å². The van der Waals surface area contributed by atoms with Crippen LogP contribution in [0, 0.1) is 6.92 Å². The molecule has 0 amide bonds. The van der Waals surface area contributed by atoms with Gasteiger partial charge in [-0.3, -0.25) is 0 Å². The van der Waals surface area contributed by atoms with E-state index in [1.807, 2.05) is 37.3 Å². The minimum atomic E-state index is 0.207. The third-order valence-corrected chi connectivity index (χ3v) is 2.91. The SMILES string of the molecule is Cc1ccc(Oc2cnn(-c3cccc(O)c3)c2)cc1. The summed E-state index contributed by atoms with van der Waals surface area (Å²) in [5.41, 5.74) is 1.97. The standard InChI is InChI=1S/C16H14N2O2/c1-12-5-7-15(8-6-12)20-16-10-17-18(11-16)13-3-2-4-14(19)9-13/h2-11,19H,1H3. The van der Waals surface area contributed by atoms with Crippen LogP contribution in [0.5, 0.6) is 17.2 Å². The van der Waals surface area contributed by atoms with E-state index in [9.17, 15) is 5.11 Å². The van der Waals surface area contributed by atoms with Gasteiger partial charge >= 0.3 is 0 Å². The van der Waals surface area contributed by atoms with Gasteiger partial charge in [0.15, 0.2) is 5.75 Å². The zero-order valence-electron chi connectivity index (χ0n) is 11.0. The van der Waals surface area contributed by atoms with Gasteiger partial charge in [0.2, 0.25) is 0 Å². The van der Waals surface area contributed by atoms with Crippen LogP contribution in [0.2, 0.25) is 0 Å². The Morgan fingerprint density at radius 3 is 2.60 bits per heavy atom. The van der Waals surface area contributed by atoms with E-state index >= 15 is 0 Å². The van der Waals surface area contributed by atoms with Crippen molar-refractivity contribution in [3.05, 3.63) is 66.5 Å². The van der Waals surface area contributed by atoms with E-state index in [2.05, 4.69) is 5.10 Å². The molecule has 3 aromatic rings. The van der Waals surface area contributed by atoms with Gasteiger partial charge in [0.1, 0.15) is 11.5 Å². The lowest BCUT2D eigenvalue weighted by atomic mass is 10.2. The first kappa shape index (κ1) is 12.3. The Hall–Kier alpha value is -2.75. The number of rotatable bonds is 3. The fourth-order valence-electron chi connectivity index (χ4n) is 1.88. The molecule has 0 saturated carbocycles. The summed E-state index contributed by atoms with van der Waals surface area (Å²) < 4.78 is 7.38. The second kappa shape index (κ2) is 5.09. The van der Waals surface area contributed by atoms with Crippen molar-refractivity contribution in [3.63, 3.8) is 0 Å². The molecular formula is C16H14N2O2. The molecule has 1 N–H and O–H groups in total. The summed E-state index contributed by atoms with van der Waals surface area (Å²) in [6.07, 6.45) is 3.42. The summed E-state index contributed by atoms with van der Waals surface area (Å²) in [5.74, 6) is 1.63. The largest absolute Gasteiger partial charge is 0.508 e. The van der Waals surface area contributed by atoms with E-state index in [0.717, 1.165) is 11.4 Å². The maximum absolute atomic E-state index is 9.47. The number of aromatic nitrogens is 2. The van der Waals surface area contributed by atoms with Crippen molar-refractivity contribution in [1.82, 2.24) is 9.78 Å². The van der Waals surface area contributed by atoms with Crippen LogP contribution < -0.4 is 4.74 Å². The molecule has 0 bridgehead atoms. The fourth-order valence-corrected chi connectivity index (χ4v) is 1.88. The Morgan fingerprint density at radius 1 is 1.05 bits per heavy atom. The lowest BCUT2D eigenvalue weighted by molar-refractivity contribution is 0.474. The molecule has 0 aliphatic rings. The number of aromatic hydroxyl groups is 1. The monoisotopic (exact) mass is 266 g/mol. The van der Waals surface area contributed by atoms with Gasteiger partial charge in [-0.05, 0) is 31.2 Å². The van der Waals surface area contributed by atoms with Gasteiger partial charge in [-0.1, -0.05) is 23.8 Å². The minimum Gasteiger partial charge on any atom is -0.508 e. The Balaban J connectivity index is 1.82. The third kappa shape index (κ3) is 2.64. The van der Waals surface area contributed by atoms with Crippen LogP contribution in [0.4, 0.5) is 0 Å². The van der Waals surface area contributed by atoms with Crippen LogP contribution in [0.15, 0.2) is 60.9 Å². The second-order valence-electron chi connectivity index (χ2n) is 4.56. The van der Waals surface area contributed by atoms with E-state index in [1.54, 1.807) is 35.3 Å². The topological polar surface area (TPSA) is 47.3 Å². The number of benzene rings is 2. The number of nitrogens with zero attached hydrogens (tertiary/aromatic N) is 2. The molecule has 0 unspecified atom stereocenters. The molecule has 100 valence electrons. The molecule has 0 spiro atoms. The highest BCUT2D eigenvalue weighted by Gasteiger charge is 2.03. The number of ether oxygens (including phenoxy) is 1. The predicted octanol–water partition coefficient (Wildman–Crippen LogP) is 3.68. The summed E-state index contributed by atoms with van der Waals surface area (Å²) in [6, 6.07) is 14.7. The lowest BCUT2D eigenvalue weighted by Crippen LogP contribution is -1.92. The van der Waals surface area contributed by atoms with Crippen molar-refractivity contribution in [2.75, 3.05) is 0 Å². The number of phenolic OH excluding ortho intramolecular Hbond substituents is 1. The van der Waals surface area contributed by atoms with E-state index in [0.29, 0.717) is 5.75 Å². The van der Waals surface area contributed by atoms with Crippen LogP contribution in [-0.2, 0) is 0 Å². The van der Waals surface area contributed by atoms with E-state index < -0.39 is 0 Å².